The minimum absolute atomic E-state index is 0.0339. The van der Waals surface area contributed by atoms with E-state index >= 15 is 0 Å². The van der Waals surface area contributed by atoms with Gasteiger partial charge in [0.05, 0.1) is 5.69 Å². The Labute approximate surface area is 196 Å². The van der Waals surface area contributed by atoms with Gasteiger partial charge in [0.1, 0.15) is 0 Å². The fraction of sp³-hybridized carbons (Fsp3) is 0.320. The molecule has 0 saturated carbocycles. The van der Waals surface area contributed by atoms with E-state index in [0.29, 0.717) is 24.5 Å². The first-order valence-corrected chi connectivity index (χ1v) is 11.8. The zero-order chi connectivity index (χ0) is 22.7. The van der Waals surface area contributed by atoms with Crippen molar-refractivity contribution in [3.8, 4) is 5.69 Å². The highest BCUT2D eigenvalue weighted by atomic mass is 79.9. The molecule has 1 N–H and O–H groups in total. The molecule has 0 fully saturated rings. The van der Waals surface area contributed by atoms with Crippen LogP contribution in [0.15, 0.2) is 53.0 Å². The molecule has 0 atom stereocenters. The summed E-state index contributed by atoms with van der Waals surface area (Å²) in [4.78, 5) is 26.7. The Kier molecular flexibility index (Phi) is 6.74. The first kappa shape index (κ1) is 22.3. The number of benzene rings is 2. The summed E-state index contributed by atoms with van der Waals surface area (Å²) in [5.74, 6) is -0.167. The van der Waals surface area contributed by atoms with Gasteiger partial charge in [-0.05, 0) is 68.5 Å². The summed E-state index contributed by atoms with van der Waals surface area (Å²) in [6.07, 6.45) is 3.93. The van der Waals surface area contributed by atoms with Crippen molar-refractivity contribution in [2.45, 2.75) is 46.1 Å². The fourth-order valence-electron chi connectivity index (χ4n) is 4.21. The third-order valence-corrected chi connectivity index (χ3v) is 6.33. The van der Waals surface area contributed by atoms with Crippen molar-refractivity contribution in [3.63, 3.8) is 0 Å². The van der Waals surface area contributed by atoms with Crippen LogP contribution in [0, 0.1) is 0 Å². The van der Waals surface area contributed by atoms with Crippen LogP contribution < -0.4 is 5.32 Å². The number of hydrogen-bond donors (Lipinski definition) is 1. The van der Waals surface area contributed by atoms with Gasteiger partial charge in [0.15, 0.2) is 5.69 Å². The summed E-state index contributed by atoms with van der Waals surface area (Å²) < 4.78 is 2.89. The number of rotatable bonds is 6. The molecule has 0 radical (unpaired) electrons. The van der Waals surface area contributed by atoms with Gasteiger partial charge < -0.3 is 10.2 Å². The molecule has 1 heterocycles. The third kappa shape index (κ3) is 4.78. The van der Waals surface area contributed by atoms with E-state index in [2.05, 4.69) is 21.2 Å². The number of anilines is 1. The number of nitrogens with one attached hydrogen (secondary N) is 1. The number of nitrogens with zero attached hydrogens (tertiary/aromatic N) is 3. The van der Waals surface area contributed by atoms with Gasteiger partial charge >= 0.3 is 0 Å². The van der Waals surface area contributed by atoms with Crippen LogP contribution in [0.4, 0.5) is 5.69 Å². The molecule has 7 heteroatoms. The topological polar surface area (TPSA) is 67.2 Å². The van der Waals surface area contributed by atoms with Gasteiger partial charge in [-0.15, -0.1) is 0 Å². The lowest BCUT2D eigenvalue weighted by Crippen LogP contribution is -2.27. The molecular formula is C25H27BrN4O2. The highest BCUT2D eigenvalue weighted by Crippen LogP contribution is 2.28. The number of halogens is 1. The van der Waals surface area contributed by atoms with Crippen molar-refractivity contribution in [1.29, 1.82) is 0 Å². The van der Waals surface area contributed by atoms with E-state index in [1.165, 1.54) is 0 Å². The molecule has 0 unspecified atom stereocenters. The number of aromatic nitrogens is 2. The molecule has 2 aromatic carbocycles. The molecule has 0 bridgehead atoms. The van der Waals surface area contributed by atoms with Crippen molar-refractivity contribution >= 4 is 33.4 Å². The number of carbonyl (C=O) groups excluding carboxylic acids is 2. The normalized spacial score (nSPS) is 12.8. The smallest absolute Gasteiger partial charge is 0.276 e. The summed E-state index contributed by atoms with van der Waals surface area (Å²) in [6, 6.07) is 15.6. The molecular weight excluding hydrogens is 468 g/mol. The molecule has 6 nitrogen and oxygen atoms in total. The molecule has 0 saturated heterocycles. The maximum Gasteiger partial charge on any atom is 0.276 e. The molecule has 4 rings (SSSR count). The maximum atomic E-state index is 13.2. The van der Waals surface area contributed by atoms with Gasteiger partial charge in [0.25, 0.3) is 5.91 Å². The molecule has 3 aromatic rings. The first-order valence-electron chi connectivity index (χ1n) is 11.0. The molecule has 166 valence electrons. The van der Waals surface area contributed by atoms with Crippen molar-refractivity contribution in [2.75, 3.05) is 11.9 Å². The van der Waals surface area contributed by atoms with Crippen molar-refractivity contribution in [3.05, 3.63) is 75.5 Å². The minimum atomic E-state index is -0.201. The molecule has 0 spiro atoms. The SMILES string of the molecule is CCN(Cc1cccc(NC(=O)c2nn(-c3cccc(Br)c3)c3c2CCCC3)c1)C(C)=O. The van der Waals surface area contributed by atoms with Crippen LogP contribution in [0.3, 0.4) is 0 Å². The number of hydrogen-bond acceptors (Lipinski definition) is 3. The van der Waals surface area contributed by atoms with E-state index in [1.807, 2.05) is 60.1 Å². The van der Waals surface area contributed by atoms with Gasteiger partial charge in [-0.25, -0.2) is 4.68 Å². The largest absolute Gasteiger partial charge is 0.339 e. The van der Waals surface area contributed by atoms with E-state index in [4.69, 9.17) is 5.10 Å². The number of amides is 2. The van der Waals surface area contributed by atoms with Gasteiger partial charge in [0, 0.05) is 41.4 Å². The summed E-state index contributed by atoms with van der Waals surface area (Å²) in [5.41, 5.74) is 5.27. The van der Waals surface area contributed by atoms with Crippen LogP contribution in [-0.4, -0.2) is 33.0 Å². The summed E-state index contributed by atoms with van der Waals surface area (Å²) in [6.45, 7) is 4.69. The fourth-order valence-corrected chi connectivity index (χ4v) is 4.59. The van der Waals surface area contributed by atoms with Crippen LogP contribution in [-0.2, 0) is 24.2 Å². The number of fused-ring (bicyclic) bond motifs is 1. The summed E-state index contributed by atoms with van der Waals surface area (Å²) in [5, 5.41) is 7.76. The second-order valence-corrected chi connectivity index (χ2v) is 8.98. The molecule has 1 aromatic heterocycles. The zero-order valence-corrected chi connectivity index (χ0v) is 20.0. The highest BCUT2D eigenvalue weighted by molar-refractivity contribution is 9.10. The molecule has 0 aliphatic heterocycles. The lowest BCUT2D eigenvalue weighted by atomic mass is 9.95. The maximum absolute atomic E-state index is 13.2. The van der Waals surface area contributed by atoms with Crippen molar-refractivity contribution in [1.82, 2.24) is 14.7 Å². The predicted molar refractivity (Wildman–Crippen MR) is 129 cm³/mol. The average molecular weight is 495 g/mol. The molecule has 1 aliphatic rings. The summed E-state index contributed by atoms with van der Waals surface area (Å²) >= 11 is 3.53. The van der Waals surface area contributed by atoms with Gasteiger partial charge in [0.2, 0.25) is 5.91 Å². The van der Waals surface area contributed by atoms with Gasteiger partial charge in [-0.1, -0.05) is 34.1 Å². The van der Waals surface area contributed by atoms with E-state index in [-0.39, 0.29) is 11.8 Å². The van der Waals surface area contributed by atoms with Gasteiger partial charge in [-0.2, -0.15) is 5.10 Å². The predicted octanol–water partition coefficient (Wildman–Crippen LogP) is 5.13. The Morgan fingerprint density at radius 3 is 2.66 bits per heavy atom. The first-order chi connectivity index (χ1) is 15.5. The van der Waals surface area contributed by atoms with Gasteiger partial charge in [-0.3, -0.25) is 9.59 Å². The van der Waals surface area contributed by atoms with Crippen LogP contribution in [0.5, 0.6) is 0 Å². The van der Waals surface area contributed by atoms with E-state index in [9.17, 15) is 9.59 Å². The number of carbonyl (C=O) groups is 2. The molecule has 2 amide bonds. The van der Waals surface area contributed by atoms with Crippen molar-refractivity contribution < 1.29 is 9.59 Å². The second kappa shape index (κ2) is 9.69. The highest BCUT2D eigenvalue weighted by Gasteiger charge is 2.25. The lowest BCUT2D eigenvalue weighted by molar-refractivity contribution is -0.129. The molecule has 1 aliphatic carbocycles. The Balaban J connectivity index is 1.60. The van der Waals surface area contributed by atoms with E-state index in [1.54, 1.807) is 11.8 Å². The van der Waals surface area contributed by atoms with Crippen LogP contribution in [0.1, 0.15) is 54.0 Å². The van der Waals surface area contributed by atoms with E-state index in [0.717, 1.165) is 52.7 Å². The average Bonchev–Trinajstić information content (AvgIpc) is 3.17. The standard InChI is InChI=1S/C25H27BrN4O2/c1-3-29(17(2)31)16-18-8-6-10-20(14-18)27-25(32)24-22-12-4-5-13-23(22)30(28-24)21-11-7-9-19(26)15-21/h6-11,14-15H,3-5,12-13,16H2,1-2H3,(H,27,32). The third-order valence-electron chi connectivity index (χ3n) is 5.83. The monoisotopic (exact) mass is 494 g/mol. The Morgan fingerprint density at radius 2 is 1.91 bits per heavy atom. The van der Waals surface area contributed by atoms with Crippen molar-refractivity contribution in [2.24, 2.45) is 0 Å². The van der Waals surface area contributed by atoms with Crippen LogP contribution in [0.25, 0.3) is 5.69 Å². The Hall–Kier alpha value is -2.93. The zero-order valence-electron chi connectivity index (χ0n) is 18.4. The lowest BCUT2D eigenvalue weighted by Gasteiger charge is -2.19. The minimum Gasteiger partial charge on any atom is -0.339 e. The molecule has 32 heavy (non-hydrogen) atoms. The Morgan fingerprint density at radius 1 is 1.12 bits per heavy atom. The summed E-state index contributed by atoms with van der Waals surface area (Å²) in [7, 11) is 0. The Bertz CT molecular complexity index is 1150. The second-order valence-electron chi connectivity index (χ2n) is 8.06. The van der Waals surface area contributed by atoms with Crippen LogP contribution >= 0.6 is 15.9 Å². The van der Waals surface area contributed by atoms with Crippen LogP contribution in [0.2, 0.25) is 0 Å². The quantitative estimate of drug-likeness (QED) is 0.516. The van der Waals surface area contributed by atoms with E-state index < -0.39 is 0 Å².